The molecule has 1 atom stereocenters. The van der Waals surface area contributed by atoms with Crippen molar-refractivity contribution in [1.82, 2.24) is 5.43 Å². The molecular weight excluding hydrogens is 210 g/mol. The van der Waals surface area contributed by atoms with Crippen molar-refractivity contribution in [3.63, 3.8) is 0 Å². The van der Waals surface area contributed by atoms with Gasteiger partial charge in [0.25, 0.3) is 0 Å². The quantitative estimate of drug-likeness (QED) is 0.405. The van der Waals surface area contributed by atoms with Gasteiger partial charge < -0.3 is 10.8 Å². The van der Waals surface area contributed by atoms with E-state index in [9.17, 15) is 5.11 Å². The van der Waals surface area contributed by atoms with Gasteiger partial charge in [-0.3, -0.25) is 5.43 Å². The predicted octanol–water partition coefficient (Wildman–Crippen LogP) is 0.929. The number of thiocarbonyl (C=S) groups is 1. The lowest BCUT2D eigenvalue weighted by Crippen LogP contribution is -2.26. The summed E-state index contributed by atoms with van der Waals surface area (Å²) in [5, 5.41) is 13.8. The number of hydrogen-bond acceptors (Lipinski definition) is 3. The van der Waals surface area contributed by atoms with Crippen LogP contribution in [0.15, 0.2) is 35.4 Å². The fourth-order valence-corrected chi connectivity index (χ4v) is 1.13. The van der Waals surface area contributed by atoms with E-state index in [1.54, 1.807) is 6.92 Å². The Labute approximate surface area is 93.8 Å². The largest absolute Gasteiger partial charge is 0.382 e. The third kappa shape index (κ3) is 3.65. The zero-order valence-corrected chi connectivity index (χ0v) is 9.16. The number of aliphatic hydroxyl groups is 1. The number of benzene rings is 1. The number of hydrazone groups is 1. The summed E-state index contributed by atoms with van der Waals surface area (Å²) < 4.78 is 0. The maximum absolute atomic E-state index is 9.85. The highest BCUT2D eigenvalue weighted by Gasteiger charge is 2.09. The molecule has 1 aromatic rings. The van der Waals surface area contributed by atoms with Crippen molar-refractivity contribution in [1.29, 1.82) is 0 Å². The Morgan fingerprint density at radius 3 is 2.60 bits per heavy atom. The highest BCUT2D eigenvalue weighted by atomic mass is 32.1. The number of hydrogen-bond donors (Lipinski definition) is 3. The van der Waals surface area contributed by atoms with Gasteiger partial charge in [0.1, 0.15) is 6.10 Å². The molecule has 0 saturated heterocycles. The Morgan fingerprint density at radius 1 is 1.47 bits per heavy atom. The molecule has 0 aliphatic rings. The Hall–Kier alpha value is -1.46. The van der Waals surface area contributed by atoms with E-state index in [1.165, 1.54) is 0 Å². The van der Waals surface area contributed by atoms with Gasteiger partial charge in [-0.25, -0.2) is 0 Å². The smallest absolute Gasteiger partial charge is 0.184 e. The van der Waals surface area contributed by atoms with Gasteiger partial charge in [-0.15, -0.1) is 0 Å². The molecule has 1 rings (SSSR count). The van der Waals surface area contributed by atoms with Gasteiger partial charge in [-0.05, 0) is 24.7 Å². The normalized spacial score (nSPS) is 13.3. The van der Waals surface area contributed by atoms with E-state index < -0.39 is 6.10 Å². The topological polar surface area (TPSA) is 70.6 Å². The number of nitrogens with two attached hydrogens (primary N) is 1. The van der Waals surface area contributed by atoms with Crippen LogP contribution in [0.1, 0.15) is 18.6 Å². The maximum Gasteiger partial charge on any atom is 0.184 e. The fraction of sp³-hybridized carbons (Fsp3) is 0.200. The highest BCUT2D eigenvalue weighted by molar-refractivity contribution is 7.80. The fourth-order valence-electron chi connectivity index (χ4n) is 1.08. The zero-order valence-electron chi connectivity index (χ0n) is 8.34. The summed E-state index contributed by atoms with van der Waals surface area (Å²) in [5.74, 6) is 0. The summed E-state index contributed by atoms with van der Waals surface area (Å²) in [6.07, 6.45) is -0.743. The molecule has 0 bridgehead atoms. The highest BCUT2D eigenvalue weighted by Crippen LogP contribution is 2.13. The van der Waals surface area contributed by atoms with E-state index in [-0.39, 0.29) is 5.11 Å². The minimum atomic E-state index is -0.743. The van der Waals surface area contributed by atoms with Gasteiger partial charge in [0.2, 0.25) is 0 Å². The molecule has 0 aromatic heterocycles. The molecule has 0 saturated carbocycles. The summed E-state index contributed by atoms with van der Waals surface area (Å²) in [6, 6.07) is 9.24. The van der Waals surface area contributed by atoms with Crippen molar-refractivity contribution in [2.75, 3.05) is 0 Å². The van der Waals surface area contributed by atoms with Crippen molar-refractivity contribution >= 4 is 23.0 Å². The SMILES string of the molecule is CC(=NNC(N)=S)C(O)c1ccccc1. The summed E-state index contributed by atoms with van der Waals surface area (Å²) in [5.41, 5.74) is 8.93. The van der Waals surface area contributed by atoms with Crippen LogP contribution in [-0.2, 0) is 0 Å². The van der Waals surface area contributed by atoms with Crippen LogP contribution in [-0.4, -0.2) is 15.9 Å². The summed E-state index contributed by atoms with van der Waals surface area (Å²) >= 11 is 4.60. The van der Waals surface area contributed by atoms with Crippen molar-refractivity contribution < 1.29 is 5.11 Å². The first-order valence-corrected chi connectivity index (χ1v) is 4.84. The molecule has 1 aromatic carbocycles. The second-order valence-corrected chi connectivity index (χ2v) is 3.48. The van der Waals surface area contributed by atoms with Crippen LogP contribution in [0.4, 0.5) is 0 Å². The monoisotopic (exact) mass is 223 g/mol. The van der Waals surface area contributed by atoms with Gasteiger partial charge in [0, 0.05) is 0 Å². The molecule has 0 amide bonds. The molecule has 4 nitrogen and oxygen atoms in total. The molecule has 1 unspecified atom stereocenters. The molecule has 0 heterocycles. The molecular formula is C10H13N3OS. The lowest BCUT2D eigenvalue weighted by molar-refractivity contribution is 0.246. The molecule has 0 aliphatic heterocycles. The number of aliphatic hydroxyl groups excluding tert-OH is 1. The standard InChI is InChI=1S/C10H13N3OS/c1-7(12-13-10(11)15)9(14)8-5-3-2-4-6-8/h2-6,9,14H,1H3,(H3,11,13,15). The average molecular weight is 223 g/mol. The number of nitrogens with one attached hydrogen (secondary N) is 1. The molecule has 80 valence electrons. The average Bonchev–Trinajstić information content (AvgIpc) is 2.26. The van der Waals surface area contributed by atoms with E-state index in [0.29, 0.717) is 5.71 Å². The van der Waals surface area contributed by atoms with Gasteiger partial charge >= 0.3 is 0 Å². The molecule has 0 aliphatic carbocycles. The van der Waals surface area contributed by atoms with Crippen LogP contribution in [0.3, 0.4) is 0 Å². The van der Waals surface area contributed by atoms with Gasteiger partial charge in [-0.2, -0.15) is 5.10 Å². The molecule has 4 N–H and O–H groups in total. The second-order valence-electron chi connectivity index (χ2n) is 3.04. The van der Waals surface area contributed by atoms with Crippen LogP contribution < -0.4 is 11.2 Å². The molecule has 0 spiro atoms. The summed E-state index contributed by atoms with van der Waals surface area (Å²) in [6.45, 7) is 1.70. The molecule has 15 heavy (non-hydrogen) atoms. The lowest BCUT2D eigenvalue weighted by atomic mass is 10.1. The van der Waals surface area contributed by atoms with E-state index in [1.807, 2.05) is 30.3 Å². The first-order valence-electron chi connectivity index (χ1n) is 4.44. The van der Waals surface area contributed by atoms with Gasteiger partial charge in [0.15, 0.2) is 5.11 Å². The maximum atomic E-state index is 9.85. The zero-order chi connectivity index (χ0) is 11.3. The summed E-state index contributed by atoms with van der Waals surface area (Å²) in [4.78, 5) is 0. The minimum Gasteiger partial charge on any atom is -0.382 e. The van der Waals surface area contributed by atoms with E-state index in [4.69, 9.17) is 5.73 Å². The molecule has 0 radical (unpaired) electrons. The predicted molar refractivity (Wildman–Crippen MR) is 64.4 cm³/mol. The Bertz CT molecular complexity index is 364. The number of nitrogens with zero attached hydrogens (tertiary/aromatic N) is 1. The lowest BCUT2D eigenvalue weighted by Gasteiger charge is -2.10. The minimum absolute atomic E-state index is 0.0783. The van der Waals surface area contributed by atoms with Gasteiger partial charge in [-0.1, -0.05) is 30.3 Å². The summed E-state index contributed by atoms with van der Waals surface area (Å²) in [7, 11) is 0. The van der Waals surface area contributed by atoms with Crippen molar-refractivity contribution in [3.05, 3.63) is 35.9 Å². The Balaban J connectivity index is 2.72. The van der Waals surface area contributed by atoms with Gasteiger partial charge in [0.05, 0.1) is 5.71 Å². The van der Waals surface area contributed by atoms with Crippen LogP contribution in [0, 0.1) is 0 Å². The van der Waals surface area contributed by atoms with E-state index in [2.05, 4.69) is 22.7 Å². The third-order valence-corrected chi connectivity index (χ3v) is 1.94. The van der Waals surface area contributed by atoms with Crippen LogP contribution in [0.2, 0.25) is 0 Å². The van der Waals surface area contributed by atoms with E-state index in [0.717, 1.165) is 5.56 Å². The van der Waals surface area contributed by atoms with Crippen molar-refractivity contribution in [2.24, 2.45) is 10.8 Å². The number of rotatable bonds is 3. The first kappa shape index (κ1) is 11.6. The van der Waals surface area contributed by atoms with E-state index >= 15 is 0 Å². The first-order chi connectivity index (χ1) is 7.11. The van der Waals surface area contributed by atoms with Crippen LogP contribution in [0.25, 0.3) is 0 Å². The Kier molecular flexibility index (Phi) is 4.20. The van der Waals surface area contributed by atoms with Crippen molar-refractivity contribution in [3.8, 4) is 0 Å². The van der Waals surface area contributed by atoms with Crippen LogP contribution >= 0.6 is 12.2 Å². The van der Waals surface area contributed by atoms with Crippen molar-refractivity contribution in [2.45, 2.75) is 13.0 Å². The second kappa shape index (κ2) is 5.43. The van der Waals surface area contributed by atoms with Crippen LogP contribution in [0.5, 0.6) is 0 Å². The Morgan fingerprint density at radius 2 is 2.07 bits per heavy atom. The molecule has 0 fully saturated rings. The third-order valence-electron chi connectivity index (χ3n) is 1.85. The molecule has 5 heteroatoms.